The molecule has 0 aliphatic rings. The van der Waals surface area contributed by atoms with Gasteiger partial charge in [0.1, 0.15) is 5.75 Å². The van der Waals surface area contributed by atoms with Crippen LogP contribution in [0, 0.1) is 0 Å². The lowest BCUT2D eigenvalue weighted by atomic mass is 10.2. The molecule has 20 heavy (non-hydrogen) atoms. The summed E-state index contributed by atoms with van der Waals surface area (Å²) in [6, 6.07) is 11.8. The third kappa shape index (κ3) is 3.88. The van der Waals surface area contributed by atoms with E-state index in [2.05, 4.69) is 10.3 Å². The summed E-state index contributed by atoms with van der Waals surface area (Å²) in [6.45, 7) is 4.73. The fourth-order valence-electron chi connectivity index (χ4n) is 1.80. The zero-order valence-corrected chi connectivity index (χ0v) is 12.1. The van der Waals surface area contributed by atoms with Gasteiger partial charge in [0.2, 0.25) is 5.88 Å². The summed E-state index contributed by atoms with van der Waals surface area (Å²) >= 11 is 0. The molecule has 1 aromatic heterocycles. The molecule has 0 saturated carbocycles. The van der Waals surface area contributed by atoms with Crippen molar-refractivity contribution < 1.29 is 9.47 Å². The highest BCUT2D eigenvalue weighted by molar-refractivity contribution is 5.56. The molecule has 0 atom stereocenters. The molecule has 0 aliphatic carbocycles. The second kappa shape index (κ2) is 6.80. The molecule has 106 valence electrons. The summed E-state index contributed by atoms with van der Waals surface area (Å²) in [7, 11) is 1.61. The standard InChI is InChI=1S/C16H20N2O2/c1-12(2)20-15-7-5-4-6-14(15)17-10-13-8-9-16(19-3)18-11-13/h4-9,11-12,17H,10H2,1-3H3. The van der Waals surface area contributed by atoms with Crippen LogP contribution in [0.1, 0.15) is 19.4 Å². The van der Waals surface area contributed by atoms with Crippen molar-refractivity contribution in [2.24, 2.45) is 0 Å². The summed E-state index contributed by atoms with van der Waals surface area (Å²) in [4.78, 5) is 4.19. The van der Waals surface area contributed by atoms with E-state index in [1.54, 1.807) is 13.3 Å². The van der Waals surface area contributed by atoms with Gasteiger partial charge in [-0.3, -0.25) is 0 Å². The lowest BCUT2D eigenvalue weighted by Crippen LogP contribution is -2.08. The Kier molecular flexibility index (Phi) is 4.82. The van der Waals surface area contributed by atoms with Crippen molar-refractivity contribution in [2.75, 3.05) is 12.4 Å². The summed E-state index contributed by atoms with van der Waals surface area (Å²) < 4.78 is 10.8. The van der Waals surface area contributed by atoms with Crippen LogP contribution in [0.4, 0.5) is 5.69 Å². The van der Waals surface area contributed by atoms with Crippen LogP contribution >= 0.6 is 0 Å². The predicted molar refractivity (Wildman–Crippen MR) is 80.3 cm³/mol. The minimum absolute atomic E-state index is 0.153. The number of benzene rings is 1. The van der Waals surface area contributed by atoms with Crippen LogP contribution in [-0.2, 0) is 6.54 Å². The van der Waals surface area contributed by atoms with Crippen molar-refractivity contribution in [3.8, 4) is 11.6 Å². The Hall–Kier alpha value is -2.23. The summed E-state index contributed by atoms with van der Waals surface area (Å²) in [5.74, 6) is 1.49. The van der Waals surface area contributed by atoms with Gasteiger partial charge >= 0.3 is 0 Å². The van der Waals surface area contributed by atoms with Gasteiger partial charge in [-0.2, -0.15) is 0 Å². The van der Waals surface area contributed by atoms with Crippen LogP contribution < -0.4 is 14.8 Å². The first kappa shape index (κ1) is 14.2. The third-order valence-corrected chi connectivity index (χ3v) is 2.74. The highest BCUT2D eigenvalue weighted by Gasteiger charge is 2.04. The molecule has 1 N–H and O–H groups in total. The smallest absolute Gasteiger partial charge is 0.212 e. The normalized spacial score (nSPS) is 10.4. The van der Waals surface area contributed by atoms with Crippen molar-refractivity contribution in [2.45, 2.75) is 26.5 Å². The van der Waals surface area contributed by atoms with Gasteiger partial charge in [-0.25, -0.2) is 4.98 Å². The van der Waals surface area contributed by atoms with E-state index >= 15 is 0 Å². The van der Waals surface area contributed by atoms with Crippen molar-refractivity contribution in [3.63, 3.8) is 0 Å². The minimum atomic E-state index is 0.153. The molecule has 0 radical (unpaired) electrons. The SMILES string of the molecule is COc1ccc(CNc2ccccc2OC(C)C)cn1. The van der Waals surface area contributed by atoms with E-state index in [4.69, 9.17) is 9.47 Å². The fraction of sp³-hybridized carbons (Fsp3) is 0.312. The summed E-state index contributed by atoms with van der Waals surface area (Å²) in [6.07, 6.45) is 1.96. The van der Waals surface area contributed by atoms with Crippen molar-refractivity contribution >= 4 is 5.69 Å². The number of anilines is 1. The second-order valence-corrected chi connectivity index (χ2v) is 4.73. The Morgan fingerprint density at radius 3 is 2.60 bits per heavy atom. The van der Waals surface area contributed by atoms with E-state index in [1.165, 1.54) is 0 Å². The van der Waals surface area contributed by atoms with Gasteiger partial charge in [-0.05, 0) is 31.5 Å². The number of nitrogens with one attached hydrogen (secondary N) is 1. The van der Waals surface area contributed by atoms with Crippen LogP contribution in [-0.4, -0.2) is 18.2 Å². The Labute approximate surface area is 119 Å². The van der Waals surface area contributed by atoms with E-state index in [0.717, 1.165) is 17.0 Å². The molecule has 0 spiro atoms. The maximum atomic E-state index is 5.77. The molecule has 1 heterocycles. The zero-order valence-electron chi connectivity index (χ0n) is 12.1. The molecule has 2 rings (SSSR count). The maximum Gasteiger partial charge on any atom is 0.212 e. The van der Waals surface area contributed by atoms with Gasteiger partial charge in [0.15, 0.2) is 0 Å². The average Bonchev–Trinajstić information content (AvgIpc) is 2.46. The molecule has 2 aromatic rings. The Morgan fingerprint density at radius 1 is 1.15 bits per heavy atom. The van der Waals surface area contributed by atoms with Gasteiger partial charge in [0.05, 0.1) is 18.9 Å². The molecule has 1 aromatic carbocycles. The van der Waals surface area contributed by atoms with Gasteiger partial charge in [-0.15, -0.1) is 0 Å². The second-order valence-electron chi connectivity index (χ2n) is 4.73. The number of pyridine rings is 1. The molecule has 4 heteroatoms. The first-order valence-electron chi connectivity index (χ1n) is 6.67. The Morgan fingerprint density at radius 2 is 1.95 bits per heavy atom. The number of nitrogens with zero attached hydrogens (tertiary/aromatic N) is 1. The first-order valence-corrected chi connectivity index (χ1v) is 6.67. The zero-order chi connectivity index (χ0) is 14.4. The number of rotatable bonds is 6. The highest BCUT2D eigenvalue weighted by atomic mass is 16.5. The predicted octanol–water partition coefficient (Wildman–Crippen LogP) is 3.49. The molecule has 0 saturated heterocycles. The Balaban J connectivity index is 2.02. The molecular formula is C16H20N2O2. The fourth-order valence-corrected chi connectivity index (χ4v) is 1.80. The van der Waals surface area contributed by atoms with E-state index in [1.807, 2.05) is 50.2 Å². The van der Waals surface area contributed by atoms with Gasteiger partial charge < -0.3 is 14.8 Å². The summed E-state index contributed by atoms with van der Waals surface area (Å²) in [5.41, 5.74) is 2.07. The number of hydrogen-bond donors (Lipinski definition) is 1. The topological polar surface area (TPSA) is 43.4 Å². The number of aromatic nitrogens is 1. The molecule has 0 fully saturated rings. The van der Waals surface area contributed by atoms with Crippen LogP contribution in [0.5, 0.6) is 11.6 Å². The molecule has 0 unspecified atom stereocenters. The van der Waals surface area contributed by atoms with Crippen LogP contribution in [0.15, 0.2) is 42.6 Å². The van der Waals surface area contributed by atoms with Gasteiger partial charge in [-0.1, -0.05) is 18.2 Å². The molecule has 0 aliphatic heterocycles. The summed E-state index contributed by atoms with van der Waals surface area (Å²) in [5, 5.41) is 3.37. The van der Waals surface area contributed by atoms with Gasteiger partial charge in [0.25, 0.3) is 0 Å². The highest BCUT2D eigenvalue weighted by Crippen LogP contribution is 2.25. The van der Waals surface area contributed by atoms with E-state index in [9.17, 15) is 0 Å². The quantitative estimate of drug-likeness (QED) is 0.874. The monoisotopic (exact) mass is 272 g/mol. The third-order valence-electron chi connectivity index (χ3n) is 2.74. The largest absolute Gasteiger partial charge is 0.489 e. The van der Waals surface area contributed by atoms with Crippen LogP contribution in [0.3, 0.4) is 0 Å². The molecule has 0 bridgehead atoms. The van der Waals surface area contributed by atoms with Crippen molar-refractivity contribution in [1.82, 2.24) is 4.98 Å². The van der Waals surface area contributed by atoms with Crippen molar-refractivity contribution in [1.29, 1.82) is 0 Å². The van der Waals surface area contributed by atoms with E-state index in [0.29, 0.717) is 12.4 Å². The van der Waals surface area contributed by atoms with Crippen LogP contribution in [0.25, 0.3) is 0 Å². The lowest BCUT2D eigenvalue weighted by molar-refractivity contribution is 0.243. The molecule has 0 amide bonds. The van der Waals surface area contributed by atoms with Crippen molar-refractivity contribution in [3.05, 3.63) is 48.2 Å². The van der Waals surface area contributed by atoms with Gasteiger partial charge in [0, 0.05) is 18.8 Å². The van der Waals surface area contributed by atoms with Crippen LogP contribution in [0.2, 0.25) is 0 Å². The van der Waals surface area contributed by atoms with E-state index in [-0.39, 0.29) is 6.10 Å². The maximum absolute atomic E-state index is 5.77. The first-order chi connectivity index (χ1) is 9.69. The molecule has 4 nitrogen and oxygen atoms in total. The molecular weight excluding hydrogens is 252 g/mol. The van der Waals surface area contributed by atoms with E-state index < -0.39 is 0 Å². The number of para-hydroxylation sites is 2. The number of hydrogen-bond acceptors (Lipinski definition) is 4. The lowest BCUT2D eigenvalue weighted by Gasteiger charge is -2.15. The Bertz CT molecular complexity index is 538. The average molecular weight is 272 g/mol. The number of methoxy groups -OCH3 is 1. The minimum Gasteiger partial charge on any atom is -0.489 e. The number of ether oxygens (including phenoxy) is 2.